The molecule has 0 N–H and O–H groups in total. The van der Waals surface area contributed by atoms with Crippen molar-refractivity contribution in [2.75, 3.05) is 0 Å². The van der Waals surface area contributed by atoms with Crippen molar-refractivity contribution in [1.82, 2.24) is 0 Å². The third-order valence-electron chi connectivity index (χ3n) is 6.05. The van der Waals surface area contributed by atoms with E-state index in [-0.39, 0.29) is 0 Å². The van der Waals surface area contributed by atoms with Gasteiger partial charge in [-0.2, -0.15) is 0 Å². The molecule has 0 atom stereocenters. The fourth-order valence-electron chi connectivity index (χ4n) is 4.60. The lowest BCUT2D eigenvalue weighted by molar-refractivity contribution is 1.65. The van der Waals surface area contributed by atoms with Crippen molar-refractivity contribution >= 4 is 32.3 Å². The summed E-state index contributed by atoms with van der Waals surface area (Å²) in [5.41, 5.74) is 5.07. The minimum absolute atomic E-state index is 1.25. The van der Waals surface area contributed by atoms with Gasteiger partial charge in [0.15, 0.2) is 0 Å². The second kappa shape index (κ2) is 6.86. The van der Waals surface area contributed by atoms with Gasteiger partial charge in [-0.05, 0) is 66.7 Å². The van der Waals surface area contributed by atoms with E-state index in [9.17, 15) is 0 Å². The van der Waals surface area contributed by atoms with Gasteiger partial charge < -0.3 is 0 Å². The molecule has 0 radical (unpaired) electrons. The topological polar surface area (TPSA) is 0 Å². The summed E-state index contributed by atoms with van der Waals surface area (Å²) >= 11 is 0. The molecular formula is C30H20. The maximum absolute atomic E-state index is 2.37. The maximum Gasteiger partial charge on any atom is -0.00928 e. The lowest BCUT2D eigenvalue weighted by Crippen LogP contribution is -1.87. The quantitative estimate of drug-likeness (QED) is 0.264. The Balaban J connectivity index is 1.71. The first kappa shape index (κ1) is 17.0. The Labute approximate surface area is 176 Å². The summed E-state index contributed by atoms with van der Waals surface area (Å²) in [6.07, 6.45) is 0. The zero-order valence-corrected chi connectivity index (χ0v) is 16.5. The van der Waals surface area contributed by atoms with Crippen LogP contribution in [0.5, 0.6) is 0 Å². The second-order valence-electron chi connectivity index (χ2n) is 7.80. The fourth-order valence-corrected chi connectivity index (χ4v) is 4.60. The van der Waals surface area contributed by atoms with Crippen LogP contribution in [-0.2, 0) is 0 Å². The van der Waals surface area contributed by atoms with E-state index in [1.54, 1.807) is 0 Å². The van der Waals surface area contributed by atoms with Crippen molar-refractivity contribution in [3.8, 4) is 22.3 Å². The summed E-state index contributed by atoms with van der Waals surface area (Å²) in [6, 6.07) is 43.8. The van der Waals surface area contributed by atoms with Gasteiger partial charge in [-0.1, -0.05) is 109 Å². The predicted molar refractivity (Wildman–Crippen MR) is 130 cm³/mol. The molecule has 0 aliphatic rings. The molecule has 0 fully saturated rings. The van der Waals surface area contributed by atoms with Gasteiger partial charge in [-0.25, -0.2) is 0 Å². The summed E-state index contributed by atoms with van der Waals surface area (Å²) in [5, 5.41) is 7.75. The molecule has 0 unspecified atom stereocenters. The van der Waals surface area contributed by atoms with E-state index < -0.39 is 0 Å². The minimum atomic E-state index is 1.25. The van der Waals surface area contributed by atoms with E-state index in [0.29, 0.717) is 0 Å². The van der Waals surface area contributed by atoms with E-state index in [4.69, 9.17) is 0 Å². The second-order valence-corrected chi connectivity index (χ2v) is 7.80. The van der Waals surface area contributed by atoms with E-state index in [1.165, 1.54) is 54.6 Å². The summed E-state index contributed by atoms with van der Waals surface area (Å²) in [6.45, 7) is 0. The first-order valence-corrected chi connectivity index (χ1v) is 10.4. The third-order valence-corrected chi connectivity index (χ3v) is 6.05. The lowest BCUT2D eigenvalue weighted by Gasteiger charge is -2.14. The molecule has 6 aromatic carbocycles. The highest BCUT2D eigenvalue weighted by molar-refractivity contribution is 6.17. The number of benzene rings is 6. The monoisotopic (exact) mass is 380 g/mol. The smallest absolute Gasteiger partial charge is 0.00928 e. The molecule has 0 aliphatic heterocycles. The van der Waals surface area contributed by atoms with Crippen molar-refractivity contribution in [2.45, 2.75) is 0 Å². The molecule has 0 spiro atoms. The molecule has 0 heterocycles. The maximum atomic E-state index is 2.37. The van der Waals surface area contributed by atoms with Gasteiger partial charge in [0.1, 0.15) is 0 Å². The summed E-state index contributed by atoms with van der Waals surface area (Å²) in [5.74, 6) is 0. The molecule has 0 heteroatoms. The molecule has 0 saturated heterocycles. The first-order chi connectivity index (χ1) is 14.9. The number of hydrogen-bond donors (Lipinski definition) is 0. The lowest BCUT2D eigenvalue weighted by atomic mass is 9.89. The molecular weight excluding hydrogens is 360 g/mol. The normalized spacial score (nSPS) is 11.3. The van der Waals surface area contributed by atoms with Crippen LogP contribution in [0, 0.1) is 0 Å². The van der Waals surface area contributed by atoms with Crippen LogP contribution in [-0.4, -0.2) is 0 Å². The summed E-state index contributed by atoms with van der Waals surface area (Å²) in [7, 11) is 0. The molecule has 0 bridgehead atoms. The zero-order valence-electron chi connectivity index (χ0n) is 16.5. The van der Waals surface area contributed by atoms with Crippen molar-refractivity contribution in [2.24, 2.45) is 0 Å². The van der Waals surface area contributed by atoms with Crippen LogP contribution < -0.4 is 0 Å². The molecule has 0 saturated carbocycles. The highest BCUT2D eigenvalue weighted by Crippen LogP contribution is 2.39. The Morgan fingerprint density at radius 3 is 1.83 bits per heavy atom. The van der Waals surface area contributed by atoms with E-state index >= 15 is 0 Å². The number of fused-ring (bicyclic) bond motifs is 4. The van der Waals surface area contributed by atoms with Crippen molar-refractivity contribution in [3.05, 3.63) is 121 Å². The summed E-state index contributed by atoms with van der Waals surface area (Å²) in [4.78, 5) is 0. The van der Waals surface area contributed by atoms with Gasteiger partial charge in [0.05, 0.1) is 0 Å². The van der Waals surface area contributed by atoms with Gasteiger partial charge >= 0.3 is 0 Å². The van der Waals surface area contributed by atoms with E-state index in [1.807, 2.05) is 0 Å². The molecule has 6 aromatic rings. The van der Waals surface area contributed by atoms with Gasteiger partial charge in [0.2, 0.25) is 0 Å². The van der Waals surface area contributed by atoms with Crippen LogP contribution >= 0.6 is 0 Å². The Kier molecular flexibility index (Phi) is 3.89. The highest BCUT2D eigenvalue weighted by atomic mass is 14.2. The Morgan fingerprint density at radius 1 is 0.300 bits per heavy atom. The predicted octanol–water partition coefficient (Wildman–Crippen LogP) is 8.48. The molecule has 0 aromatic heterocycles. The van der Waals surface area contributed by atoms with Gasteiger partial charge in [-0.3, -0.25) is 0 Å². The molecule has 140 valence electrons. The van der Waals surface area contributed by atoms with Crippen LogP contribution in [0.15, 0.2) is 121 Å². The van der Waals surface area contributed by atoms with Crippen LogP contribution in [0.25, 0.3) is 54.6 Å². The van der Waals surface area contributed by atoms with Crippen LogP contribution in [0.4, 0.5) is 0 Å². The number of rotatable bonds is 2. The Bertz CT molecular complexity index is 1520. The highest BCUT2D eigenvalue weighted by Gasteiger charge is 2.12. The van der Waals surface area contributed by atoms with Gasteiger partial charge in [-0.15, -0.1) is 0 Å². The van der Waals surface area contributed by atoms with E-state index in [2.05, 4.69) is 121 Å². The van der Waals surface area contributed by atoms with Crippen molar-refractivity contribution < 1.29 is 0 Å². The fraction of sp³-hybridized carbons (Fsp3) is 0. The molecule has 0 amide bonds. The summed E-state index contributed by atoms with van der Waals surface area (Å²) < 4.78 is 0. The largest absolute Gasteiger partial charge is 0.0622 e. The van der Waals surface area contributed by atoms with Crippen molar-refractivity contribution in [1.29, 1.82) is 0 Å². The van der Waals surface area contributed by atoms with Crippen LogP contribution in [0.2, 0.25) is 0 Å². The average molecular weight is 380 g/mol. The molecule has 30 heavy (non-hydrogen) atoms. The van der Waals surface area contributed by atoms with Gasteiger partial charge in [0.25, 0.3) is 0 Å². The van der Waals surface area contributed by atoms with Crippen molar-refractivity contribution in [3.63, 3.8) is 0 Å². The van der Waals surface area contributed by atoms with Crippen LogP contribution in [0.3, 0.4) is 0 Å². The number of hydrogen-bond acceptors (Lipinski definition) is 0. The van der Waals surface area contributed by atoms with Gasteiger partial charge in [0, 0.05) is 0 Å². The first-order valence-electron chi connectivity index (χ1n) is 10.4. The average Bonchev–Trinajstić information content (AvgIpc) is 2.83. The third kappa shape index (κ3) is 2.69. The minimum Gasteiger partial charge on any atom is -0.0622 e. The Morgan fingerprint density at radius 2 is 0.967 bits per heavy atom. The van der Waals surface area contributed by atoms with Crippen LogP contribution in [0.1, 0.15) is 0 Å². The molecule has 0 aliphatic carbocycles. The van der Waals surface area contributed by atoms with E-state index in [0.717, 1.165) is 0 Å². The molecule has 6 rings (SSSR count). The standard InChI is InChI=1S/C30H20/c1-2-10-22(11-3-1)29-20-30-25(24-18-17-21-9-4-5-12-23(21)19-24)15-8-16-28(30)26-13-6-7-14-27(26)29/h1-20H. The Hall–Kier alpha value is -3.90. The SMILES string of the molecule is c1ccc(-c2cc3c(-c4ccc5ccccc5c4)cccc3c3ccccc23)cc1. The molecule has 0 nitrogen and oxygen atoms in total. The zero-order chi connectivity index (χ0) is 19.9.